The van der Waals surface area contributed by atoms with Crippen LogP contribution in [0.15, 0.2) is 59.4 Å². The van der Waals surface area contributed by atoms with Gasteiger partial charge in [-0.3, -0.25) is 9.36 Å². The maximum atomic E-state index is 12.8. The number of urea groups is 1. The van der Waals surface area contributed by atoms with Crippen LogP contribution in [0.1, 0.15) is 16.8 Å². The lowest BCUT2D eigenvalue weighted by Gasteiger charge is -2.28. The van der Waals surface area contributed by atoms with Gasteiger partial charge < -0.3 is 20.3 Å². The predicted molar refractivity (Wildman–Crippen MR) is 119 cm³/mol. The van der Waals surface area contributed by atoms with Gasteiger partial charge in [0.15, 0.2) is 0 Å². The number of carbonyl (C=O) groups is 1. The first-order valence-electron chi connectivity index (χ1n) is 10.1. The van der Waals surface area contributed by atoms with Crippen LogP contribution in [0.4, 0.5) is 16.4 Å². The molecule has 8 nitrogen and oxygen atoms in total. The zero-order chi connectivity index (χ0) is 21.8. The lowest BCUT2D eigenvalue weighted by atomic mass is 10.1. The van der Waals surface area contributed by atoms with Gasteiger partial charge in [-0.15, -0.1) is 0 Å². The fourth-order valence-electron chi connectivity index (χ4n) is 3.56. The van der Waals surface area contributed by atoms with Gasteiger partial charge in [-0.25, -0.2) is 9.78 Å². The lowest BCUT2D eigenvalue weighted by molar-refractivity contribution is 0.205. The summed E-state index contributed by atoms with van der Waals surface area (Å²) in [5, 5.41) is 6.12. The summed E-state index contributed by atoms with van der Waals surface area (Å²) in [4.78, 5) is 31.8. The average molecular weight is 419 g/mol. The van der Waals surface area contributed by atoms with E-state index in [0.29, 0.717) is 43.3 Å². The molecule has 0 bridgehead atoms. The van der Waals surface area contributed by atoms with Crippen molar-refractivity contribution < 1.29 is 9.53 Å². The van der Waals surface area contributed by atoms with Crippen molar-refractivity contribution in [1.82, 2.24) is 14.5 Å². The summed E-state index contributed by atoms with van der Waals surface area (Å²) in [5.41, 5.74) is 3.00. The van der Waals surface area contributed by atoms with Crippen molar-refractivity contribution in [2.75, 3.05) is 24.3 Å². The van der Waals surface area contributed by atoms with Crippen molar-refractivity contribution in [3.05, 3.63) is 81.8 Å². The molecule has 0 fully saturated rings. The maximum absolute atomic E-state index is 12.8. The minimum atomic E-state index is -0.202. The van der Waals surface area contributed by atoms with Crippen LogP contribution in [-0.4, -0.2) is 34.1 Å². The van der Waals surface area contributed by atoms with Crippen LogP contribution in [-0.2, 0) is 26.6 Å². The number of ether oxygens (including phenoxy) is 1. The molecule has 0 spiro atoms. The Labute approximate surface area is 180 Å². The Morgan fingerprint density at radius 1 is 1.13 bits per heavy atom. The number of para-hydroxylation sites is 1. The van der Waals surface area contributed by atoms with E-state index >= 15 is 0 Å². The zero-order valence-electron chi connectivity index (χ0n) is 17.6. The third kappa shape index (κ3) is 4.53. The number of carbonyl (C=O) groups excluding carboxylic acids is 1. The smallest absolute Gasteiger partial charge is 0.322 e. The highest BCUT2D eigenvalue weighted by Crippen LogP contribution is 2.18. The second-order valence-electron chi connectivity index (χ2n) is 7.39. The molecule has 3 aromatic rings. The number of rotatable bonds is 5. The fourth-order valence-corrected chi connectivity index (χ4v) is 3.56. The number of hydrogen-bond acceptors (Lipinski definition) is 5. The van der Waals surface area contributed by atoms with Gasteiger partial charge in [-0.05, 0) is 36.2 Å². The molecular formula is C23H25N5O3. The highest BCUT2D eigenvalue weighted by atomic mass is 16.5. The summed E-state index contributed by atoms with van der Waals surface area (Å²) in [7, 11) is 3.34. The molecule has 0 aliphatic carbocycles. The summed E-state index contributed by atoms with van der Waals surface area (Å²) in [6.07, 6.45) is 0.482. The molecule has 0 radical (unpaired) electrons. The molecule has 1 aliphatic heterocycles. The molecule has 0 saturated heterocycles. The monoisotopic (exact) mass is 419 g/mol. The van der Waals surface area contributed by atoms with Gasteiger partial charge in [0.05, 0.1) is 19.3 Å². The van der Waals surface area contributed by atoms with Crippen LogP contribution < -0.4 is 20.9 Å². The largest absolute Gasteiger partial charge is 0.497 e. The van der Waals surface area contributed by atoms with Crippen LogP contribution in [0, 0.1) is 0 Å². The van der Waals surface area contributed by atoms with Gasteiger partial charge in [-0.1, -0.05) is 30.3 Å². The summed E-state index contributed by atoms with van der Waals surface area (Å²) < 4.78 is 6.71. The van der Waals surface area contributed by atoms with Crippen molar-refractivity contribution in [2.45, 2.75) is 19.5 Å². The predicted octanol–water partition coefficient (Wildman–Crippen LogP) is 2.99. The zero-order valence-corrected chi connectivity index (χ0v) is 17.6. The van der Waals surface area contributed by atoms with E-state index in [1.54, 1.807) is 19.1 Å². The quantitative estimate of drug-likeness (QED) is 0.664. The Kier molecular flexibility index (Phi) is 5.88. The van der Waals surface area contributed by atoms with Gasteiger partial charge in [0.1, 0.15) is 5.75 Å². The molecule has 2 aromatic carbocycles. The normalized spacial score (nSPS) is 12.8. The topological polar surface area (TPSA) is 88.5 Å². The highest BCUT2D eigenvalue weighted by molar-refractivity contribution is 5.89. The van der Waals surface area contributed by atoms with Crippen molar-refractivity contribution in [2.24, 2.45) is 7.05 Å². The number of amides is 2. The number of anilines is 2. The molecular weight excluding hydrogens is 394 g/mol. The van der Waals surface area contributed by atoms with E-state index in [-0.39, 0.29) is 11.6 Å². The minimum absolute atomic E-state index is 0.0784. The number of fused-ring (bicyclic) bond motifs is 1. The first-order chi connectivity index (χ1) is 15.0. The Morgan fingerprint density at radius 3 is 2.58 bits per heavy atom. The molecule has 0 saturated carbocycles. The summed E-state index contributed by atoms with van der Waals surface area (Å²) in [6, 6.07) is 16.8. The van der Waals surface area contributed by atoms with Crippen LogP contribution in [0.5, 0.6) is 5.75 Å². The molecule has 2 N–H and O–H groups in total. The number of nitrogens with one attached hydrogen (secondary N) is 2. The molecule has 31 heavy (non-hydrogen) atoms. The van der Waals surface area contributed by atoms with Crippen molar-refractivity contribution in [3.8, 4) is 5.75 Å². The Balaban J connectivity index is 1.49. The Hall–Kier alpha value is -3.81. The Bertz CT molecular complexity index is 1130. The minimum Gasteiger partial charge on any atom is -0.497 e. The first kappa shape index (κ1) is 20.5. The number of nitrogens with zero attached hydrogens (tertiary/aromatic N) is 3. The van der Waals surface area contributed by atoms with E-state index < -0.39 is 0 Å². The molecule has 1 aliphatic rings. The van der Waals surface area contributed by atoms with Gasteiger partial charge >= 0.3 is 6.03 Å². The van der Waals surface area contributed by atoms with E-state index in [1.165, 1.54) is 4.57 Å². The molecule has 0 atom stereocenters. The molecule has 2 heterocycles. The van der Waals surface area contributed by atoms with E-state index in [1.807, 2.05) is 54.6 Å². The number of methoxy groups -OCH3 is 1. The number of benzene rings is 2. The summed E-state index contributed by atoms with van der Waals surface area (Å²) in [6.45, 7) is 1.28. The third-order valence-electron chi connectivity index (χ3n) is 5.36. The SMILES string of the molecule is COc1ccc(CNc2nc3c(c(=O)n2C)CCN(C(=O)Nc2ccccc2)C3)cc1. The molecule has 4 rings (SSSR count). The van der Waals surface area contributed by atoms with Crippen molar-refractivity contribution >= 4 is 17.7 Å². The van der Waals surface area contributed by atoms with Crippen LogP contribution in [0.2, 0.25) is 0 Å². The number of hydrogen-bond donors (Lipinski definition) is 2. The Morgan fingerprint density at radius 2 is 1.87 bits per heavy atom. The molecule has 8 heteroatoms. The standard InChI is InChI=1S/C23H25N5O3/c1-27-21(29)19-12-13-28(23(30)25-17-6-4-3-5-7-17)15-20(19)26-22(27)24-14-16-8-10-18(31-2)11-9-16/h3-11H,12-15H2,1-2H3,(H,24,26)(H,25,30). The molecule has 0 unspecified atom stereocenters. The van der Waals surface area contributed by atoms with Gasteiger partial charge in [-0.2, -0.15) is 0 Å². The first-order valence-corrected chi connectivity index (χ1v) is 10.1. The van der Waals surface area contributed by atoms with Gasteiger partial charge in [0.25, 0.3) is 5.56 Å². The summed E-state index contributed by atoms with van der Waals surface area (Å²) in [5.74, 6) is 1.27. The number of aromatic nitrogens is 2. The fraction of sp³-hybridized carbons (Fsp3) is 0.261. The highest BCUT2D eigenvalue weighted by Gasteiger charge is 2.25. The van der Waals surface area contributed by atoms with E-state index in [9.17, 15) is 9.59 Å². The third-order valence-corrected chi connectivity index (χ3v) is 5.36. The second-order valence-corrected chi connectivity index (χ2v) is 7.39. The van der Waals surface area contributed by atoms with Crippen LogP contribution >= 0.6 is 0 Å². The van der Waals surface area contributed by atoms with E-state index in [2.05, 4.69) is 15.6 Å². The molecule has 1 aromatic heterocycles. The maximum Gasteiger partial charge on any atom is 0.322 e. The van der Waals surface area contributed by atoms with Crippen LogP contribution in [0.25, 0.3) is 0 Å². The van der Waals surface area contributed by atoms with Gasteiger partial charge in [0.2, 0.25) is 5.95 Å². The average Bonchev–Trinajstić information content (AvgIpc) is 2.81. The second kappa shape index (κ2) is 8.91. The lowest BCUT2D eigenvalue weighted by Crippen LogP contribution is -2.42. The molecule has 2 amide bonds. The van der Waals surface area contributed by atoms with Crippen molar-refractivity contribution in [1.29, 1.82) is 0 Å². The van der Waals surface area contributed by atoms with Crippen LogP contribution in [0.3, 0.4) is 0 Å². The van der Waals surface area contributed by atoms with E-state index in [4.69, 9.17) is 4.74 Å². The summed E-state index contributed by atoms with van der Waals surface area (Å²) >= 11 is 0. The van der Waals surface area contributed by atoms with E-state index in [0.717, 1.165) is 17.0 Å². The van der Waals surface area contributed by atoms with Crippen molar-refractivity contribution in [3.63, 3.8) is 0 Å². The van der Waals surface area contributed by atoms with Gasteiger partial charge in [0, 0.05) is 31.4 Å². The molecule has 160 valence electrons.